The van der Waals surface area contributed by atoms with Gasteiger partial charge in [0.25, 0.3) is 0 Å². The highest BCUT2D eigenvalue weighted by Gasteiger charge is 2.28. The minimum atomic E-state index is -0.716. The molecule has 0 amide bonds. The summed E-state index contributed by atoms with van der Waals surface area (Å²) in [6.07, 6.45) is 1.66. The molecule has 0 spiro atoms. The number of nitrogens with zero attached hydrogens (tertiary/aromatic N) is 1. The maximum atomic E-state index is 13.3. The van der Waals surface area contributed by atoms with Crippen LogP contribution >= 0.6 is 0 Å². The number of likely N-dealkylation sites (tertiary alicyclic amines) is 1. The minimum absolute atomic E-state index is 0.126. The van der Waals surface area contributed by atoms with Crippen molar-refractivity contribution in [1.82, 2.24) is 4.90 Å². The number of carbonyl (C=O) groups is 1. The van der Waals surface area contributed by atoms with E-state index in [1.54, 1.807) is 13.0 Å². The van der Waals surface area contributed by atoms with Gasteiger partial charge in [-0.25, -0.2) is 4.39 Å². The number of aryl methyl sites for hydroxylation is 1. The van der Waals surface area contributed by atoms with Crippen molar-refractivity contribution in [2.24, 2.45) is 5.92 Å². The largest absolute Gasteiger partial charge is 0.481 e. The third-order valence-electron chi connectivity index (χ3n) is 4.01. The molecule has 3 nitrogen and oxygen atoms in total. The Kier molecular flexibility index (Phi) is 4.20. The van der Waals surface area contributed by atoms with Crippen molar-refractivity contribution >= 4 is 5.97 Å². The zero-order chi connectivity index (χ0) is 14.0. The average molecular weight is 265 g/mol. The van der Waals surface area contributed by atoms with E-state index in [2.05, 4.69) is 11.8 Å². The Hall–Kier alpha value is -1.42. The summed E-state index contributed by atoms with van der Waals surface area (Å²) in [7, 11) is 0. The second-order valence-corrected chi connectivity index (χ2v) is 5.36. The third kappa shape index (κ3) is 3.13. The van der Waals surface area contributed by atoms with Crippen molar-refractivity contribution in [3.8, 4) is 0 Å². The van der Waals surface area contributed by atoms with Gasteiger partial charge in [-0.15, -0.1) is 0 Å². The molecule has 0 bridgehead atoms. The first kappa shape index (κ1) is 14.0. The zero-order valence-electron chi connectivity index (χ0n) is 11.4. The second-order valence-electron chi connectivity index (χ2n) is 5.36. The Morgan fingerprint density at radius 1 is 1.53 bits per heavy atom. The molecule has 0 aromatic heterocycles. The number of hydrogen-bond donors (Lipinski definition) is 1. The number of piperidine rings is 1. The highest BCUT2D eigenvalue weighted by molar-refractivity contribution is 5.70. The van der Waals surface area contributed by atoms with E-state index in [0.717, 1.165) is 24.9 Å². The van der Waals surface area contributed by atoms with Crippen LogP contribution in [0.5, 0.6) is 0 Å². The highest BCUT2D eigenvalue weighted by atomic mass is 19.1. The average Bonchev–Trinajstić information content (AvgIpc) is 2.41. The van der Waals surface area contributed by atoms with Gasteiger partial charge in [-0.3, -0.25) is 9.69 Å². The fraction of sp³-hybridized carbons (Fsp3) is 0.533. The van der Waals surface area contributed by atoms with Crippen LogP contribution in [0, 0.1) is 18.7 Å². The fourth-order valence-corrected chi connectivity index (χ4v) is 2.70. The number of hydrogen-bond acceptors (Lipinski definition) is 2. The molecule has 1 aromatic rings. The molecule has 0 saturated carbocycles. The van der Waals surface area contributed by atoms with E-state index in [9.17, 15) is 9.18 Å². The normalized spacial score (nSPS) is 22.2. The summed E-state index contributed by atoms with van der Waals surface area (Å²) in [6, 6.07) is 5.25. The Morgan fingerprint density at radius 3 is 2.89 bits per heavy atom. The van der Waals surface area contributed by atoms with Gasteiger partial charge in [0.05, 0.1) is 5.92 Å². The molecule has 1 N–H and O–H groups in total. The lowest BCUT2D eigenvalue weighted by Crippen LogP contribution is -2.40. The molecule has 4 heteroatoms. The number of rotatable bonds is 3. The van der Waals surface area contributed by atoms with Crippen molar-refractivity contribution in [2.75, 3.05) is 13.1 Å². The Morgan fingerprint density at radius 2 is 2.26 bits per heavy atom. The van der Waals surface area contributed by atoms with Crippen LogP contribution in [0.25, 0.3) is 0 Å². The smallest absolute Gasteiger partial charge is 0.307 e. The van der Waals surface area contributed by atoms with Crippen LogP contribution in [0.4, 0.5) is 4.39 Å². The molecule has 2 atom stereocenters. The van der Waals surface area contributed by atoms with Crippen LogP contribution in [-0.2, 0) is 4.79 Å². The summed E-state index contributed by atoms with van der Waals surface area (Å²) in [5.41, 5.74) is 1.68. The molecule has 2 unspecified atom stereocenters. The van der Waals surface area contributed by atoms with E-state index in [1.165, 1.54) is 6.07 Å². The summed E-state index contributed by atoms with van der Waals surface area (Å²) in [5, 5.41) is 9.11. The molecule has 0 radical (unpaired) electrons. The van der Waals surface area contributed by atoms with Crippen LogP contribution in [-0.4, -0.2) is 29.1 Å². The first-order valence-electron chi connectivity index (χ1n) is 6.72. The summed E-state index contributed by atoms with van der Waals surface area (Å²) in [4.78, 5) is 13.3. The third-order valence-corrected chi connectivity index (χ3v) is 4.01. The quantitative estimate of drug-likeness (QED) is 0.913. The Balaban J connectivity index is 2.12. The second kappa shape index (κ2) is 5.70. The number of carboxylic acid groups (broad SMARTS) is 1. The van der Waals surface area contributed by atoms with E-state index < -0.39 is 5.97 Å². The predicted molar refractivity (Wildman–Crippen MR) is 71.5 cm³/mol. The molecule has 19 heavy (non-hydrogen) atoms. The van der Waals surface area contributed by atoms with Crippen LogP contribution in [0.1, 0.15) is 36.9 Å². The van der Waals surface area contributed by atoms with Crippen molar-refractivity contribution in [3.63, 3.8) is 0 Å². The number of benzene rings is 1. The van der Waals surface area contributed by atoms with Gasteiger partial charge in [0.2, 0.25) is 0 Å². The van der Waals surface area contributed by atoms with E-state index in [-0.39, 0.29) is 17.8 Å². The summed E-state index contributed by atoms with van der Waals surface area (Å²) >= 11 is 0. The molecular weight excluding hydrogens is 245 g/mol. The number of carboxylic acids is 1. The van der Waals surface area contributed by atoms with Gasteiger partial charge < -0.3 is 5.11 Å². The lowest BCUT2D eigenvalue weighted by molar-refractivity contribution is -0.143. The SMILES string of the molecule is Cc1cc(C(C)N2CCCC(C(=O)O)C2)ccc1F. The van der Waals surface area contributed by atoms with Crippen LogP contribution in [0.15, 0.2) is 18.2 Å². The van der Waals surface area contributed by atoms with Crippen LogP contribution in [0.2, 0.25) is 0 Å². The van der Waals surface area contributed by atoms with Crippen molar-refractivity contribution in [1.29, 1.82) is 0 Å². The Labute approximate surface area is 113 Å². The topological polar surface area (TPSA) is 40.5 Å². The Bertz CT molecular complexity index is 475. The molecule has 2 rings (SSSR count). The van der Waals surface area contributed by atoms with Gasteiger partial charge in [-0.2, -0.15) is 0 Å². The van der Waals surface area contributed by atoms with E-state index in [4.69, 9.17) is 5.11 Å². The monoisotopic (exact) mass is 265 g/mol. The van der Waals surface area contributed by atoms with E-state index in [0.29, 0.717) is 12.1 Å². The van der Waals surface area contributed by atoms with Crippen LogP contribution < -0.4 is 0 Å². The van der Waals surface area contributed by atoms with Gasteiger partial charge in [-0.05, 0) is 50.4 Å². The molecule has 1 saturated heterocycles. The molecule has 1 heterocycles. The standard InChI is InChI=1S/C15H20FNO2/c1-10-8-12(5-6-14(10)16)11(2)17-7-3-4-13(9-17)15(18)19/h5-6,8,11,13H,3-4,7,9H2,1-2H3,(H,18,19). The van der Waals surface area contributed by atoms with Gasteiger partial charge >= 0.3 is 5.97 Å². The van der Waals surface area contributed by atoms with Crippen molar-refractivity contribution in [3.05, 3.63) is 35.1 Å². The maximum Gasteiger partial charge on any atom is 0.307 e. The number of halogens is 1. The van der Waals surface area contributed by atoms with Gasteiger partial charge in [0.1, 0.15) is 5.82 Å². The lowest BCUT2D eigenvalue weighted by atomic mass is 9.95. The number of aliphatic carboxylic acids is 1. The summed E-state index contributed by atoms with van der Waals surface area (Å²) in [5.74, 6) is -1.19. The minimum Gasteiger partial charge on any atom is -0.481 e. The highest BCUT2D eigenvalue weighted by Crippen LogP contribution is 2.27. The molecule has 1 fully saturated rings. The van der Waals surface area contributed by atoms with Gasteiger partial charge in [0, 0.05) is 12.6 Å². The molecule has 0 aliphatic carbocycles. The van der Waals surface area contributed by atoms with Gasteiger partial charge in [-0.1, -0.05) is 12.1 Å². The van der Waals surface area contributed by atoms with Crippen molar-refractivity contribution < 1.29 is 14.3 Å². The van der Waals surface area contributed by atoms with Crippen molar-refractivity contribution in [2.45, 2.75) is 32.7 Å². The molecular formula is C15H20FNO2. The first-order chi connectivity index (χ1) is 8.99. The molecule has 104 valence electrons. The predicted octanol–water partition coefficient (Wildman–Crippen LogP) is 2.99. The summed E-state index contributed by atoms with van der Waals surface area (Å²) < 4.78 is 13.3. The maximum absolute atomic E-state index is 13.3. The first-order valence-corrected chi connectivity index (χ1v) is 6.72. The van der Waals surface area contributed by atoms with Gasteiger partial charge in [0.15, 0.2) is 0 Å². The van der Waals surface area contributed by atoms with E-state index in [1.807, 2.05) is 6.07 Å². The fourth-order valence-electron chi connectivity index (χ4n) is 2.70. The molecule has 1 aliphatic rings. The molecule has 1 aromatic carbocycles. The zero-order valence-corrected chi connectivity index (χ0v) is 11.4. The van der Waals surface area contributed by atoms with E-state index >= 15 is 0 Å². The van der Waals surface area contributed by atoms with Crippen LogP contribution in [0.3, 0.4) is 0 Å². The summed E-state index contributed by atoms with van der Waals surface area (Å²) in [6.45, 7) is 5.28. The lowest BCUT2D eigenvalue weighted by Gasteiger charge is -2.35. The molecule has 1 aliphatic heterocycles.